The van der Waals surface area contributed by atoms with Crippen molar-refractivity contribution in [1.29, 1.82) is 0 Å². The standard InChI is InChI=1S/C22H22ClN3O6S/c1-13-7-9-15(10-8-13)33(28)22-18(25-26-24)20(31-17(27)11-23)19-16(30-22)12-29-21(32-19)14-5-3-2-4-6-14/h2-10,16,18-22H,11-12H2,1H3/t16-,18-,19+,20-,21+,22+,33?/m1/s1. The maximum atomic E-state index is 13.4. The van der Waals surface area contributed by atoms with Crippen LogP contribution in [0.4, 0.5) is 0 Å². The Morgan fingerprint density at radius 2 is 1.94 bits per heavy atom. The molecule has 0 aromatic heterocycles. The Hall–Kier alpha value is -2.46. The number of hydrogen-bond acceptors (Lipinski definition) is 7. The smallest absolute Gasteiger partial charge is 0.321 e. The summed E-state index contributed by atoms with van der Waals surface area (Å²) in [6.07, 6.45) is -3.33. The molecule has 0 N–H and O–H groups in total. The van der Waals surface area contributed by atoms with Crippen LogP contribution < -0.4 is 0 Å². The van der Waals surface area contributed by atoms with Crippen LogP contribution in [0.5, 0.6) is 0 Å². The first-order chi connectivity index (χ1) is 16.0. The van der Waals surface area contributed by atoms with Gasteiger partial charge in [0, 0.05) is 15.4 Å². The number of aryl methyl sites for hydroxylation is 1. The fourth-order valence-electron chi connectivity index (χ4n) is 3.82. The number of esters is 1. The van der Waals surface area contributed by atoms with Gasteiger partial charge >= 0.3 is 5.97 Å². The summed E-state index contributed by atoms with van der Waals surface area (Å²) in [4.78, 5) is 15.5. The zero-order valence-electron chi connectivity index (χ0n) is 17.7. The summed E-state index contributed by atoms with van der Waals surface area (Å²) in [6.45, 7) is 2.02. The molecule has 0 radical (unpaired) electrons. The minimum atomic E-state index is -1.73. The third-order valence-corrected chi connectivity index (χ3v) is 7.17. The summed E-state index contributed by atoms with van der Waals surface area (Å²) in [5, 5.41) is 3.81. The molecular weight excluding hydrogens is 470 g/mol. The molecule has 2 fully saturated rings. The molecule has 2 aliphatic heterocycles. The molecule has 4 rings (SSSR count). The third kappa shape index (κ3) is 5.22. The summed E-state index contributed by atoms with van der Waals surface area (Å²) in [5.74, 6) is -1.12. The molecule has 2 aromatic rings. The number of hydrogen-bond donors (Lipinski definition) is 0. The van der Waals surface area contributed by atoms with Gasteiger partial charge in [-0.05, 0) is 24.6 Å². The Bertz CT molecular complexity index is 1050. The molecule has 11 heteroatoms. The maximum Gasteiger partial charge on any atom is 0.321 e. The Balaban J connectivity index is 1.67. The van der Waals surface area contributed by atoms with Gasteiger partial charge in [0.15, 0.2) is 6.29 Å². The highest BCUT2D eigenvalue weighted by atomic mass is 35.5. The van der Waals surface area contributed by atoms with Gasteiger partial charge in [0.25, 0.3) is 0 Å². The number of carbonyl (C=O) groups is 1. The predicted molar refractivity (Wildman–Crippen MR) is 120 cm³/mol. The van der Waals surface area contributed by atoms with Crippen LogP contribution in [-0.4, -0.2) is 52.5 Å². The highest BCUT2D eigenvalue weighted by molar-refractivity contribution is 7.85. The Morgan fingerprint density at radius 1 is 1.21 bits per heavy atom. The molecule has 1 unspecified atom stereocenters. The van der Waals surface area contributed by atoms with E-state index in [-0.39, 0.29) is 6.61 Å². The first kappa shape index (κ1) is 23.7. The van der Waals surface area contributed by atoms with Crippen molar-refractivity contribution in [2.45, 2.75) is 47.9 Å². The van der Waals surface area contributed by atoms with Gasteiger partial charge in [-0.25, -0.2) is 0 Å². The minimum absolute atomic E-state index is 0.101. The van der Waals surface area contributed by atoms with Crippen molar-refractivity contribution >= 4 is 28.4 Å². The molecule has 2 aliphatic rings. The second-order valence-electron chi connectivity index (χ2n) is 7.61. The molecule has 9 nitrogen and oxygen atoms in total. The average molecular weight is 492 g/mol. The zero-order chi connectivity index (χ0) is 23.4. The summed E-state index contributed by atoms with van der Waals surface area (Å²) in [6, 6.07) is 15.2. The molecule has 2 heterocycles. The van der Waals surface area contributed by atoms with Gasteiger partial charge in [0.2, 0.25) is 0 Å². The molecule has 7 atom stereocenters. The van der Waals surface area contributed by atoms with Crippen LogP contribution in [0.3, 0.4) is 0 Å². The number of alkyl halides is 1. The van der Waals surface area contributed by atoms with E-state index in [2.05, 4.69) is 10.0 Å². The summed E-state index contributed by atoms with van der Waals surface area (Å²) >= 11 is 5.67. The molecule has 0 aliphatic carbocycles. The molecule has 174 valence electrons. The van der Waals surface area contributed by atoms with Crippen LogP contribution in [0.2, 0.25) is 0 Å². The monoisotopic (exact) mass is 491 g/mol. The third-order valence-electron chi connectivity index (χ3n) is 5.40. The quantitative estimate of drug-likeness (QED) is 0.199. The molecular formula is C22H22ClN3O6S. The van der Waals surface area contributed by atoms with E-state index in [1.165, 1.54) is 0 Å². The lowest BCUT2D eigenvalue weighted by Crippen LogP contribution is -2.63. The van der Waals surface area contributed by atoms with Crippen LogP contribution in [-0.2, 0) is 34.5 Å². The second-order valence-corrected chi connectivity index (χ2v) is 9.41. The first-order valence-electron chi connectivity index (χ1n) is 10.3. The molecule has 2 saturated heterocycles. The molecule has 0 bridgehead atoms. The van der Waals surface area contributed by atoms with E-state index in [1.54, 1.807) is 12.1 Å². The van der Waals surface area contributed by atoms with Crippen LogP contribution in [0, 0.1) is 6.92 Å². The van der Waals surface area contributed by atoms with Crippen molar-refractivity contribution in [2.24, 2.45) is 5.11 Å². The molecule has 0 amide bonds. The van der Waals surface area contributed by atoms with Crippen LogP contribution >= 0.6 is 11.6 Å². The van der Waals surface area contributed by atoms with Gasteiger partial charge in [0.05, 0.1) is 17.4 Å². The van der Waals surface area contributed by atoms with E-state index in [0.717, 1.165) is 11.1 Å². The number of azide groups is 1. The van der Waals surface area contributed by atoms with Crippen molar-refractivity contribution in [3.63, 3.8) is 0 Å². The fraction of sp³-hybridized carbons (Fsp3) is 0.409. The first-order valence-corrected chi connectivity index (χ1v) is 12.0. The number of nitrogens with zero attached hydrogens (tertiary/aromatic N) is 3. The van der Waals surface area contributed by atoms with Gasteiger partial charge in [-0.15, -0.1) is 11.6 Å². The fourth-order valence-corrected chi connectivity index (χ4v) is 5.26. The number of fused-ring (bicyclic) bond motifs is 1. The second kappa shape index (κ2) is 10.6. The lowest BCUT2D eigenvalue weighted by atomic mass is 9.97. The average Bonchev–Trinajstić information content (AvgIpc) is 2.85. The van der Waals surface area contributed by atoms with E-state index in [9.17, 15) is 14.5 Å². The van der Waals surface area contributed by atoms with Crippen molar-refractivity contribution in [2.75, 3.05) is 12.5 Å². The van der Waals surface area contributed by atoms with E-state index in [4.69, 9.17) is 30.5 Å². The van der Waals surface area contributed by atoms with Gasteiger partial charge in [0.1, 0.15) is 35.7 Å². The van der Waals surface area contributed by atoms with Crippen molar-refractivity contribution in [3.05, 3.63) is 76.2 Å². The SMILES string of the molecule is Cc1ccc(S(=O)[C@@H]2O[C@@H]3CO[C@H](c4ccccc4)O[C@@H]3[C@H](OC(=O)CCl)[C@H]2N=[N+]=[N-])cc1. The molecule has 33 heavy (non-hydrogen) atoms. The normalized spacial score (nSPS) is 29.9. The van der Waals surface area contributed by atoms with Crippen LogP contribution in [0.1, 0.15) is 17.4 Å². The highest BCUT2D eigenvalue weighted by Crippen LogP contribution is 2.38. The van der Waals surface area contributed by atoms with Crippen LogP contribution in [0.25, 0.3) is 10.4 Å². The van der Waals surface area contributed by atoms with Crippen molar-refractivity contribution in [3.8, 4) is 0 Å². The zero-order valence-corrected chi connectivity index (χ0v) is 19.2. The Morgan fingerprint density at radius 3 is 2.61 bits per heavy atom. The van der Waals surface area contributed by atoms with E-state index >= 15 is 0 Å². The topological polar surface area (TPSA) is 120 Å². The van der Waals surface area contributed by atoms with Crippen molar-refractivity contribution in [1.82, 2.24) is 0 Å². The highest BCUT2D eigenvalue weighted by Gasteiger charge is 2.53. The largest absolute Gasteiger partial charge is 0.458 e. The molecule has 2 aromatic carbocycles. The number of ether oxygens (including phenoxy) is 4. The number of benzene rings is 2. The lowest BCUT2D eigenvalue weighted by Gasteiger charge is -2.47. The van der Waals surface area contributed by atoms with E-state index in [1.807, 2.05) is 49.4 Å². The number of rotatable bonds is 6. The van der Waals surface area contributed by atoms with Gasteiger partial charge in [-0.1, -0.05) is 53.1 Å². The van der Waals surface area contributed by atoms with Gasteiger partial charge in [-0.2, -0.15) is 0 Å². The molecule has 0 saturated carbocycles. The summed E-state index contributed by atoms with van der Waals surface area (Å²) in [7, 11) is -1.73. The maximum absolute atomic E-state index is 13.4. The number of halogens is 1. The Kier molecular flexibility index (Phi) is 7.64. The van der Waals surface area contributed by atoms with E-state index in [0.29, 0.717) is 4.90 Å². The molecule has 0 spiro atoms. The lowest BCUT2D eigenvalue weighted by molar-refractivity contribution is -0.306. The van der Waals surface area contributed by atoms with Gasteiger partial charge < -0.3 is 18.9 Å². The predicted octanol–water partition coefficient (Wildman–Crippen LogP) is 3.77. The summed E-state index contributed by atoms with van der Waals surface area (Å²) in [5.41, 5.74) is 9.92. The number of carbonyl (C=O) groups excluding carboxylic acids is 1. The minimum Gasteiger partial charge on any atom is -0.458 e. The summed E-state index contributed by atoms with van der Waals surface area (Å²) < 4.78 is 37.0. The van der Waals surface area contributed by atoms with Gasteiger partial charge in [-0.3, -0.25) is 9.00 Å². The van der Waals surface area contributed by atoms with Crippen molar-refractivity contribution < 1.29 is 28.0 Å². The van der Waals surface area contributed by atoms with Crippen LogP contribution in [0.15, 0.2) is 64.6 Å². The Labute approximate surface area is 198 Å². The van der Waals surface area contributed by atoms with E-state index < -0.39 is 58.7 Å².